The minimum absolute atomic E-state index is 0.293. The van der Waals surface area contributed by atoms with Crippen LogP contribution in [-0.2, 0) is 5.41 Å². The van der Waals surface area contributed by atoms with Crippen LogP contribution < -0.4 is 10.9 Å². The van der Waals surface area contributed by atoms with Crippen molar-refractivity contribution in [2.75, 3.05) is 10.9 Å². The van der Waals surface area contributed by atoms with Crippen LogP contribution in [0.3, 0.4) is 0 Å². The summed E-state index contributed by atoms with van der Waals surface area (Å²) in [4.78, 5) is 0. The van der Waals surface area contributed by atoms with Gasteiger partial charge in [-0.1, -0.05) is 87.5 Å². The molecule has 0 aliphatic rings. The number of rotatable bonds is 3. The first-order valence-electron chi connectivity index (χ1n) is 8.23. The second-order valence-electron chi connectivity index (χ2n) is 6.60. The van der Waals surface area contributed by atoms with E-state index in [1.54, 1.807) is 0 Å². The third kappa shape index (κ3) is 6.17. The highest BCUT2D eigenvalue weighted by molar-refractivity contribution is 5.51. The van der Waals surface area contributed by atoms with Crippen LogP contribution in [0.5, 0.6) is 0 Å². The summed E-state index contributed by atoms with van der Waals surface area (Å²) < 4.78 is 0. The number of hydrogen-bond acceptors (Lipinski definition) is 2. The molecule has 0 saturated carbocycles. The van der Waals surface area contributed by atoms with Crippen molar-refractivity contribution in [3.63, 3.8) is 0 Å². The van der Waals surface area contributed by atoms with Gasteiger partial charge in [0.05, 0.1) is 11.4 Å². The van der Waals surface area contributed by atoms with Crippen LogP contribution in [0.25, 0.3) is 0 Å². The van der Waals surface area contributed by atoms with E-state index < -0.39 is 0 Å². The Bertz CT molecular complexity index is 647. The summed E-state index contributed by atoms with van der Waals surface area (Å²) in [6.07, 6.45) is 0. The number of hydrazine groups is 1. The largest absolute Gasteiger partial charge is 0.301 e. The summed E-state index contributed by atoms with van der Waals surface area (Å²) in [5.41, 5.74) is 10.0. The predicted octanol–water partition coefficient (Wildman–Crippen LogP) is 6.11. The Morgan fingerprint density at radius 2 is 0.833 bits per heavy atom. The zero-order valence-corrected chi connectivity index (χ0v) is 14.7. The van der Waals surface area contributed by atoms with Gasteiger partial charge in [0.1, 0.15) is 0 Å². The van der Waals surface area contributed by atoms with Crippen molar-refractivity contribution >= 4 is 11.4 Å². The van der Waals surface area contributed by atoms with Crippen molar-refractivity contribution in [3.8, 4) is 0 Å². The molecule has 2 N–H and O–H groups in total. The van der Waals surface area contributed by atoms with Crippen molar-refractivity contribution < 1.29 is 0 Å². The number of hydrogen-bond donors (Lipinski definition) is 2. The fourth-order valence-electron chi connectivity index (χ4n) is 2.13. The van der Waals surface area contributed by atoms with Gasteiger partial charge in [-0.2, -0.15) is 0 Å². The van der Waals surface area contributed by atoms with E-state index in [9.17, 15) is 0 Å². The molecular weight excluding hydrogens is 292 g/mol. The quantitative estimate of drug-likeness (QED) is 0.569. The van der Waals surface area contributed by atoms with Crippen LogP contribution in [0.2, 0.25) is 0 Å². The Balaban J connectivity index is 0.000000185. The molecule has 124 valence electrons. The average molecular weight is 318 g/mol. The summed E-state index contributed by atoms with van der Waals surface area (Å²) in [7, 11) is 0. The van der Waals surface area contributed by atoms with E-state index in [0.717, 1.165) is 11.4 Å². The molecule has 2 heteroatoms. The smallest absolute Gasteiger partial charge is 0.0539 e. The Morgan fingerprint density at radius 3 is 1.12 bits per heavy atom. The van der Waals surface area contributed by atoms with Gasteiger partial charge >= 0.3 is 0 Å². The van der Waals surface area contributed by atoms with Gasteiger partial charge in [-0.15, -0.1) is 0 Å². The fraction of sp³-hybridized carbons (Fsp3) is 0.182. The third-order valence-electron chi connectivity index (χ3n) is 3.54. The van der Waals surface area contributed by atoms with Gasteiger partial charge in [0, 0.05) is 0 Å². The first kappa shape index (κ1) is 17.6. The van der Waals surface area contributed by atoms with E-state index >= 15 is 0 Å². The third-order valence-corrected chi connectivity index (χ3v) is 3.54. The lowest BCUT2D eigenvalue weighted by molar-refractivity contribution is 0.590. The van der Waals surface area contributed by atoms with Crippen LogP contribution in [0, 0.1) is 0 Å². The van der Waals surface area contributed by atoms with Gasteiger partial charge < -0.3 is 10.9 Å². The van der Waals surface area contributed by atoms with Crippen molar-refractivity contribution in [2.24, 2.45) is 0 Å². The Kier molecular flexibility index (Phi) is 6.44. The van der Waals surface area contributed by atoms with Crippen LogP contribution >= 0.6 is 0 Å². The lowest BCUT2D eigenvalue weighted by atomic mass is 9.87. The molecule has 3 aromatic rings. The summed E-state index contributed by atoms with van der Waals surface area (Å²) in [5, 5.41) is 0. The van der Waals surface area contributed by atoms with Gasteiger partial charge in [-0.25, -0.2) is 0 Å². The molecule has 0 saturated heterocycles. The molecule has 0 bridgehead atoms. The van der Waals surface area contributed by atoms with Gasteiger partial charge in [0.25, 0.3) is 0 Å². The molecule has 24 heavy (non-hydrogen) atoms. The summed E-state index contributed by atoms with van der Waals surface area (Å²) >= 11 is 0. The van der Waals surface area contributed by atoms with E-state index in [1.807, 2.05) is 60.7 Å². The Morgan fingerprint density at radius 1 is 0.500 bits per heavy atom. The highest BCUT2D eigenvalue weighted by atomic mass is 15.4. The topological polar surface area (TPSA) is 24.1 Å². The van der Waals surface area contributed by atoms with E-state index in [1.165, 1.54) is 5.56 Å². The zero-order chi connectivity index (χ0) is 17.3. The highest BCUT2D eigenvalue weighted by Crippen LogP contribution is 2.20. The lowest BCUT2D eigenvalue weighted by Crippen LogP contribution is -2.10. The second kappa shape index (κ2) is 8.78. The Labute approximate surface area is 145 Å². The van der Waals surface area contributed by atoms with E-state index in [-0.39, 0.29) is 0 Å². The first-order valence-corrected chi connectivity index (χ1v) is 8.23. The number of benzene rings is 3. The molecule has 3 aromatic carbocycles. The molecule has 2 nitrogen and oxygen atoms in total. The second-order valence-corrected chi connectivity index (χ2v) is 6.60. The minimum Gasteiger partial charge on any atom is -0.301 e. The first-order chi connectivity index (χ1) is 11.6. The Hall–Kier alpha value is -2.74. The molecule has 0 radical (unpaired) electrons. The molecule has 0 aliphatic carbocycles. The van der Waals surface area contributed by atoms with Gasteiger partial charge in [-0.3, -0.25) is 0 Å². The summed E-state index contributed by atoms with van der Waals surface area (Å²) in [6, 6.07) is 30.6. The highest BCUT2D eigenvalue weighted by Gasteiger charge is 2.11. The SMILES string of the molecule is CC(C)(C)c1ccccc1.c1ccc(NNc2ccccc2)cc1. The molecule has 0 atom stereocenters. The summed E-state index contributed by atoms with van der Waals surface area (Å²) in [6.45, 7) is 6.67. The van der Waals surface area contributed by atoms with Crippen molar-refractivity contribution in [1.29, 1.82) is 0 Å². The molecule has 0 heterocycles. The van der Waals surface area contributed by atoms with Gasteiger partial charge in [-0.05, 0) is 35.2 Å². The molecule has 0 amide bonds. The fourth-order valence-corrected chi connectivity index (χ4v) is 2.13. The van der Waals surface area contributed by atoms with E-state index in [2.05, 4.69) is 62.0 Å². The van der Waals surface area contributed by atoms with Crippen LogP contribution in [-0.4, -0.2) is 0 Å². The molecule has 0 fully saturated rings. The van der Waals surface area contributed by atoms with Crippen molar-refractivity contribution in [2.45, 2.75) is 26.2 Å². The van der Waals surface area contributed by atoms with Gasteiger partial charge in [0.2, 0.25) is 0 Å². The van der Waals surface area contributed by atoms with Crippen LogP contribution in [0.1, 0.15) is 26.3 Å². The minimum atomic E-state index is 0.293. The molecular formula is C22H26N2. The maximum absolute atomic E-state index is 3.11. The molecule has 0 spiro atoms. The van der Waals surface area contributed by atoms with E-state index in [4.69, 9.17) is 0 Å². The normalized spacial score (nSPS) is 10.3. The molecule has 0 aromatic heterocycles. The van der Waals surface area contributed by atoms with Crippen molar-refractivity contribution in [1.82, 2.24) is 0 Å². The van der Waals surface area contributed by atoms with Crippen LogP contribution in [0.15, 0.2) is 91.0 Å². The average Bonchev–Trinajstić information content (AvgIpc) is 2.62. The number of para-hydroxylation sites is 2. The molecule has 3 rings (SSSR count). The number of nitrogens with one attached hydrogen (secondary N) is 2. The summed E-state index contributed by atoms with van der Waals surface area (Å²) in [5.74, 6) is 0. The predicted molar refractivity (Wildman–Crippen MR) is 105 cm³/mol. The lowest BCUT2D eigenvalue weighted by Gasteiger charge is -2.18. The maximum atomic E-state index is 3.11. The van der Waals surface area contributed by atoms with Gasteiger partial charge in [0.15, 0.2) is 0 Å². The zero-order valence-electron chi connectivity index (χ0n) is 14.7. The molecule has 0 unspecified atom stereocenters. The monoisotopic (exact) mass is 318 g/mol. The maximum Gasteiger partial charge on any atom is 0.0539 e. The van der Waals surface area contributed by atoms with Crippen LogP contribution in [0.4, 0.5) is 11.4 Å². The molecule has 0 aliphatic heterocycles. The van der Waals surface area contributed by atoms with E-state index in [0.29, 0.717) is 5.41 Å². The standard InChI is InChI=1S/C12H12N2.C10H14/c1-3-7-11(8-4-1)13-14-12-9-5-2-6-10-12;1-10(2,3)9-7-5-4-6-8-9/h1-10,13-14H;4-8H,1-3H3. The van der Waals surface area contributed by atoms with Crippen molar-refractivity contribution in [3.05, 3.63) is 96.6 Å². The number of anilines is 2.